The zero-order valence-corrected chi connectivity index (χ0v) is 16.2. The number of carbonyl (C=O) groups is 2. The van der Waals surface area contributed by atoms with Crippen molar-refractivity contribution in [3.63, 3.8) is 0 Å². The number of carbonyl (C=O) groups excluding carboxylic acids is 2. The molecule has 1 aromatic rings. The first-order valence-electron chi connectivity index (χ1n) is 8.78. The second-order valence-electron chi connectivity index (χ2n) is 7.53. The third-order valence-corrected chi connectivity index (χ3v) is 5.50. The van der Waals surface area contributed by atoms with Crippen LogP contribution in [0.2, 0.25) is 0 Å². The first-order chi connectivity index (χ1) is 12.1. The lowest BCUT2D eigenvalue weighted by Gasteiger charge is -2.18. The van der Waals surface area contributed by atoms with Gasteiger partial charge in [-0.1, -0.05) is 12.8 Å². The van der Waals surface area contributed by atoms with Crippen LogP contribution < -0.4 is 15.4 Å². The Hall–Kier alpha value is -1.87. The first kappa shape index (κ1) is 20.4. The molecule has 0 unspecified atom stereocenters. The van der Waals surface area contributed by atoms with Crippen LogP contribution in [-0.4, -0.2) is 38.4 Å². The van der Waals surface area contributed by atoms with E-state index in [-0.39, 0.29) is 35.8 Å². The van der Waals surface area contributed by atoms with Gasteiger partial charge in [-0.05, 0) is 45.7 Å². The van der Waals surface area contributed by atoms with Gasteiger partial charge in [-0.15, -0.1) is 0 Å². The summed E-state index contributed by atoms with van der Waals surface area (Å²) in [7, 11) is -3.84. The van der Waals surface area contributed by atoms with Gasteiger partial charge in [0.2, 0.25) is 11.0 Å². The molecule has 1 saturated carbocycles. The standard InChI is InChI=1S/C17H27N3O5S/c1-17(2,3)20-26(23,24)15-9-8-13(25-15)16(22)18-11-10-14(21)19-12-6-4-5-7-12/h8-9,12,20H,4-7,10-11H2,1-3H3,(H,18,22)(H,19,21). The molecule has 0 aromatic carbocycles. The highest BCUT2D eigenvalue weighted by atomic mass is 32.2. The van der Waals surface area contributed by atoms with Gasteiger partial charge >= 0.3 is 0 Å². The summed E-state index contributed by atoms with van der Waals surface area (Å²) in [5.41, 5.74) is -0.666. The van der Waals surface area contributed by atoms with Crippen LogP contribution in [0.3, 0.4) is 0 Å². The zero-order valence-electron chi connectivity index (χ0n) is 15.4. The molecular weight excluding hydrogens is 358 g/mol. The van der Waals surface area contributed by atoms with Gasteiger partial charge in [0.05, 0.1) is 0 Å². The molecule has 0 saturated heterocycles. The van der Waals surface area contributed by atoms with E-state index in [1.165, 1.54) is 12.1 Å². The quantitative estimate of drug-likeness (QED) is 0.658. The second kappa shape index (κ2) is 8.22. The summed E-state index contributed by atoms with van der Waals surface area (Å²) in [5, 5.41) is 5.17. The molecule has 0 spiro atoms. The normalized spacial score (nSPS) is 15.8. The van der Waals surface area contributed by atoms with Gasteiger partial charge in [-0.3, -0.25) is 9.59 Å². The predicted molar refractivity (Wildman–Crippen MR) is 96.1 cm³/mol. The molecule has 1 aromatic heterocycles. The number of sulfonamides is 1. The van der Waals surface area contributed by atoms with Gasteiger partial charge in [0.1, 0.15) is 0 Å². The Balaban J connectivity index is 1.83. The highest BCUT2D eigenvalue weighted by Crippen LogP contribution is 2.18. The van der Waals surface area contributed by atoms with Crippen LogP contribution in [0.15, 0.2) is 21.6 Å². The van der Waals surface area contributed by atoms with Crippen molar-refractivity contribution < 1.29 is 22.4 Å². The minimum absolute atomic E-state index is 0.103. The molecule has 0 aliphatic heterocycles. The Kier molecular flexibility index (Phi) is 6.46. The Bertz CT molecular complexity index is 743. The third kappa shape index (κ3) is 6.14. The molecule has 2 amide bonds. The fourth-order valence-corrected chi connectivity index (χ4v) is 4.14. The number of hydrogen-bond acceptors (Lipinski definition) is 5. The largest absolute Gasteiger partial charge is 0.438 e. The van der Waals surface area contributed by atoms with Crippen LogP contribution in [0, 0.1) is 0 Å². The fourth-order valence-electron chi connectivity index (χ4n) is 2.79. The summed E-state index contributed by atoms with van der Waals surface area (Å²) in [4.78, 5) is 23.9. The predicted octanol–water partition coefficient (Wildman–Crippen LogP) is 1.54. The number of hydrogen-bond donors (Lipinski definition) is 3. The summed E-state index contributed by atoms with van der Waals surface area (Å²) >= 11 is 0. The van der Waals surface area contributed by atoms with Gasteiger partial charge in [0.15, 0.2) is 5.76 Å². The maximum Gasteiger partial charge on any atom is 0.287 e. The minimum Gasteiger partial charge on any atom is -0.438 e. The molecule has 1 fully saturated rings. The lowest BCUT2D eigenvalue weighted by Crippen LogP contribution is -2.40. The van der Waals surface area contributed by atoms with E-state index in [2.05, 4.69) is 15.4 Å². The van der Waals surface area contributed by atoms with Gasteiger partial charge in [-0.25, -0.2) is 13.1 Å². The number of rotatable bonds is 7. The highest BCUT2D eigenvalue weighted by molar-refractivity contribution is 7.89. The number of nitrogens with one attached hydrogen (secondary N) is 3. The van der Waals surface area contributed by atoms with Crippen molar-refractivity contribution in [2.24, 2.45) is 0 Å². The first-order valence-corrected chi connectivity index (χ1v) is 10.3. The van der Waals surface area contributed by atoms with Crippen molar-refractivity contribution in [3.8, 4) is 0 Å². The molecule has 2 rings (SSSR count). The van der Waals surface area contributed by atoms with Crippen LogP contribution >= 0.6 is 0 Å². The van der Waals surface area contributed by atoms with Crippen molar-refractivity contribution in [3.05, 3.63) is 17.9 Å². The third-order valence-electron chi connectivity index (χ3n) is 3.87. The average Bonchev–Trinajstić information content (AvgIpc) is 3.15. The molecule has 1 aliphatic rings. The molecule has 26 heavy (non-hydrogen) atoms. The molecule has 0 bridgehead atoms. The molecule has 8 nitrogen and oxygen atoms in total. The summed E-state index contributed by atoms with van der Waals surface area (Å²) < 4.78 is 31.9. The molecule has 146 valence electrons. The van der Waals surface area contributed by atoms with Crippen LogP contribution in [0.4, 0.5) is 0 Å². The van der Waals surface area contributed by atoms with Crippen molar-refractivity contribution in [2.45, 2.75) is 69.5 Å². The van der Waals surface area contributed by atoms with Crippen LogP contribution in [0.5, 0.6) is 0 Å². The zero-order chi connectivity index (χ0) is 19.4. The van der Waals surface area contributed by atoms with Crippen LogP contribution in [0.25, 0.3) is 0 Å². The van der Waals surface area contributed by atoms with E-state index >= 15 is 0 Å². The van der Waals surface area contributed by atoms with E-state index in [0.717, 1.165) is 25.7 Å². The lowest BCUT2D eigenvalue weighted by atomic mass is 10.1. The van der Waals surface area contributed by atoms with E-state index in [4.69, 9.17) is 4.42 Å². The van der Waals surface area contributed by atoms with Crippen molar-refractivity contribution in [1.82, 2.24) is 15.4 Å². The van der Waals surface area contributed by atoms with E-state index < -0.39 is 21.5 Å². The minimum atomic E-state index is -3.84. The van der Waals surface area contributed by atoms with E-state index in [1.807, 2.05) is 0 Å². The van der Waals surface area contributed by atoms with Gasteiger partial charge in [0.25, 0.3) is 15.9 Å². The topological polar surface area (TPSA) is 118 Å². The average molecular weight is 385 g/mol. The molecule has 0 radical (unpaired) electrons. The fraction of sp³-hybridized carbons (Fsp3) is 0.647. The van der Waals surface area contributed by atoms with E-state index in [0.29, 0.717) is 0 Å². The summed E-state index contributed by atoms with van der Waals surface area (Å²) in [6.07, 6.45) is 4.44. The number of amides is 2. The van der Waals surface area contributed by atoms with Crippen LogP contribution in [0.1, 0.15) is 63.4 Å². The van der Waals surface area contributed by atoms with Gasteiger partial charge in [-0.2, -0.15) is 0 Å². The summed E-state index contributed by atoms with van der Waals surface area (Å²) in [6.45, 7) is 5.27. The van der Waals surface area contributed by atoms with Gasteiger partial charge in [0, 0.05) is 24.5 Å². The molecular formula is C17H27N3O5S. The highest BCUT2D eigenvalue weighted by Gasteiger charge is 2.26. The smallest absolute Gasteiger partial charge is 0.287 e. The number of furan rings is 1. The van der Waals surface area contributed by atoms with Crippen molar-refractivity contribution >= 4 is 21.8 Å². The van der Waals surface area contributed by atoms with Gasteiger partial charge < -0.3 is 15.1 Å². The maximum absolute atomic E-state index is 12.2. The van der Waals surface area contributed by atoms with E-state index in [9.17, 15) is 18.0 Å². The Morgan fingerprint density at radius 1 is 1.19 bits per heavy atom. The summed E-state index contributed by atoms with van der Waals surface area (Å²) in [6, 6.07) is 2.77. The molecule has 3 N–H and O–H groups in total. The maximum atomic E-state index is 12.2. The summed E-state index contributed by atoms with van der Waals surface area (Å²) in [5.74, 6) is -0.777. The molecule has 0 atom stereocenters. The molecule has 1 heterocycles. The van der Waals surface area contributed by atoms with Crippen LogP contribution in [-0.2, 0) is 14.8 Å². The molecule has 1 aliphatic carbocycles. The van der Waals surface area contributed by atoms with Crippen molar-refractivity contribution in [2.75, 3.05) is 6.54 Å². The second-order valence-corrected chi connectivity index (χ2v) is 9.14. The monoisotopic (exact) mass is 385 g/mol. The lowest BCUT2D eigenvalue weighted by molar-refractivity contribution is -0.121. The van der Waals surface area contributed by atoms with E-state index in [1.54, 1.807) is 20.8 Å². The Morgan fingerprint density at radius 3 is 2.46 bits per heavy atom. The SMILES string of the molecule is CC(C)(C)NS(=O)(=O)c1ccc(C(=O)NCCC(=O)NC2CCCC2)o1. The van der Waals surface area contributed by atoms with Crippen molar-refractivity contribution in [1.29, 1.82) is 0 Å². The Morgan fingerprint density at radius 2 is 1.85 bits per heavy atom. The molecule has 9 heteroatoms. The Labute approximate surface area is 154 Å².